The van der Waals surface area contributed by atoms with Crippen LogP contribution < -0.4 is 5.32 Å². The molecule has 0 bridgehead atoms. The van der Waals surface area contributed by atoms with Crippen molar-refractivity contribution in [1.29, 1.82) is 0 Å². The van der Waals surface area contributed by atoms with Crippen LogP contribution in [0.3, 0.4) is 0 Å². The number of hydrogen-bond acceptors (Lipinski definition) is 4. The average molecular weight is 371 g/mol. The largest absolute Gasteiger partial charge is 0.452 e. The molecule has 2 rings (SSSR count). The van der Waals surface area contributed by atoms with E-state index in [4.69, 9.17) is 4.74 Å². The molecular weight excluding hydrogens is 342 g/mol. The maximum atomic E-state index is 12.1. The van der Waals surface area contributed by atoms with Crippen molar-refractivity contribution in [3.63, 3.8) is 0 Å². The van der Waals surface area contributed by atoms with Gasteiger partial charge in [0.1, 0.15) is 0 Å². The highest BCUT2D eigenvalue weighted by molar-refractivity contribution is 5.91. The molecule has 2 aromatic rings. The second kappa shape index (κ2) is 10.5. The Morgan fingerprint density at radius 1 is 1.15 bits per heavy atom. The molecule has 0 fully saturated rings. The lowest BCUT2D eigenvalue weighted by molar-refractivity contribution is -0.124. The van der Waals surface area contributed by atoms with Gasteiger partial charge in [-0.3, -0.25) is 9.48 Å². The third kappa shape index (κ3) is 7.64. The minimum Gasteiger partial charge on any atom is -0.452 e. The topological polar surface area (TPSA) is 73.2 Å². The summed E-state index contributed by atoms with van der Waals surface area (Å²) < 4.78 is 6.92. The van der Waals surface area contributed by atoms with E-state index in [1.165, 1.54) is 0 Å². The highest BCUT2D eigenvalue weighted by Crippen LogP contribution is 2.09. The molecule has 1 aromatic heterocycles. The summed E-state index contributed by atoms with van der Waals surface area (Å²) in [5.74, 6) is -0.0984. The van der Waals surface area contributed by atoms with Gasteiger partial charge in [-0.1, -0.05) is 38.8 Å². The molecule has 1 N–H and O–H groups in total. The van der Waals surface area contributed by atoms with E-state index in [1.807, 2.05) is 31.3 Å². The summed E-state index contributed by atoms with van der Waals surface area (Å²) in [6.45, 7) is 6.72. The van der Waals surface area contributed by atoms with Crippen molar-refractivity contribution in [2.75, 3.05) is 6.61 Å². The van der Waals surface area contributed by atoms with Crippen molar-refractivity contribution in [1.82, 2.24) is 15.1 Å². The lowest BCUT2D eigenvalue weighted by Crippen LogP contribution is -2.35. The average Bonchev–Trinajstić information content (AvgIpc) is 3.13. The van der Waals surface area contributed by atoms with Gasteiger partial charge in [-0.05, 0) is 43.0 Å². The molecule has 0 saturated carbocycles. The Bertz CT molecular complexity index is 709. The molecule has 6 nitrogen and oxygen atoms in total. The van der Waals surface area contributed by atoms with Crippen LogP contribution in [0.25, 0.3) is 0 Å². The van der Waals surface area contributed by atoms with E-state index >= 15 is 0 Å². The fourth-order valence-corrected chi connectivity index (χ4v) is 2.76. The Morgan fingerprint density at radius 2 is 1.89 bits per heavy atom. The minimum absolute atomic E-state index is 0.0801. The first-order valence-corrected chi connectivity index (χ1v) is 9.47. The van der Waals surface area contributed by atoms with E-state index in [0.717, 1.165) is 24.8 Å². The quantitative estimate of drug-likeness (QED) is 0.650. The SMILES string of the molecule is CC(C)CCCC(C)NC(=O)COC(=O)c1ccc(Cn2cccn2)cc1. The molecule has 1 heterocycles. The van der Waals surface area contributed by atoms with Crippen LogP contribution in [0.4, 0.5) is 0 Å². The van der Waals surface area contributed by atoms with Gasteiger partial charge >= 0.3 is 5.97 Å². The van der Waals surface area contributed by atoms with Crippen molar-refractivity contribution < 1.29 is 14.3 Å². The zero-order valence-electron chi connectivity index (χ0n) is 16.4. The van der Waals surface area contributed by atoms with E-state index in [2.05, 4.69) is 24.3 Å². The number of nitrogens with one attached hydrogen (secondary N) is 1. The van der Waals surface area contributed by atoms with Gasteiger partial charge in [-0.25, -0.2) is 4.79 Å². The van der Waals surface area contributed by atoms with E-state index in [1.54, 1.807) is 23.0 Å². The van der Waals surface area contributed by atoms with Gasteiger partial charge in [0, 0.05) is 18.4 Å². The lowest BCUT2D eigenvalue weighted by Gasteiger charge is -2.14. The zero-order chi connectivity index (χ0) is 19.6. The van der Waals surface area contributed by atoms with Crippen LogP contribution in [-0.2, 0) is 16.1 Å². The van der Waals surface area contributed by atoms with Crippen LogP contribution in [0.2, 0.25) is 0 Å². The first-order chi connectivity index (χ1) is 12.9. The van der Waals surface area contributed by atoms with Crippen molar-refractivity contribution >= 4 is 11.9 Å². The summed E-state index contributed by atoms with van der Waals surface area (Å²) in [6, 6.07) is 9.06. The Labute approximate surface area is 160 Å². The van der Waals surface area contributed by atoms with E-state index < -0.39 is 5.97 Å². The van der Waals surface area contributed by atoms with E-state index in [0.29, 0.717) is 18.0 Å². The molecule has 1 unspecified atom stereocenters. The molecule has 0 aliphatic rings. The Morgan fingerprint density at radius 3 is 2.52 bits per heavy atom. The molecule has 0 aliphatic carbocycles. The minimum atomic E-state index is -0.497. The van der Waals surface area contributed by atoms with Crippen LogP contribution in [0.15, 0.2) is 42.7 Å². The first-order valence-electron chi connectivity index (χ1n) is 9.47. The number of aromatic nitrogens is 2. The van der Waals surface area contributed by atoms with Crippen molar-refractivity contribution in [3.8, 4) is 0 Å². The Hall–Kier alpha value is -2.63. The summed E-state index contributed by atoms with van der Waals surface area (Å²) in [5, 5.41) is 7.02. The van der Waals surface area contributed by atoms with Gasteiger partial charge < -0.3 is 10.1 Å². The number of hydrogen-bond donors (Lipinski definition) is 1. The molecule has 0 radical (unpaired) electrons. The summed E-state index contributed by atoms with van der Waals surface area (Å²) in [5.41, 5.74) is 1.46. The second-order valence-electron chi connectivity index (χ2n) is 7.27. The third-order valence-electron chi connectivity index (χ3n) is 4.25. The predicted octanol–water partition coefficient (Wildman–Crippen LogP) is 3.42. The molecule has 1 atom stereocenters. The molecule has 146 valence electrons. The van der Waals surface area contributed by atoms with Crippen molar-refractivity contribution in [2.45, 2.75) is 52.6 Å². The number of ether oxygens (including phenoxy) is 1. The van der Waals surface area contributed by atoms with E-state index in [-0.39, 0.29) is 18.6 Å². The van der Waals surface area contributed by atoms with Gasteiger partial charge in [0.05, 0.1) is 12.1 Å². The van der Waals surface area contributed by atoms with Crippen LogP contribution in [0.1, 0.15) is 56.0 Å². The zero-order valence-corrected chi connectivity index (χ0v) is 16.4. The molecule has 1 amide bonds. The second-order valence-corrected chi connectivity index (χ2v) is 7.27. The number of amides is 1. The number of benzene rings is 1. The van der Waals surface area contributed by atoms with Crippen LogP contribution >= 0.6 is 0 Å². The van der Waals surface area contributed by atoms with Gasteiger partial charge in [-0.15, -0.1) is 0 Å². The summed E-state index contributed by atoms with van der Waals surface area (Å²) in [4.78, 5) is 24.0. The highest BCUT2D eigenvalue weighted by Gasteiger charge is 2.12. The summed E-state index contributed by atoms with van der Waals surface area (Å²) in [7, 11) is 0. The molecule has 27 heavy (non-hydrogen) atoms. The molecule has 1 aromatic carbocycles. The van der Waals surface area contributed by atoms with E-state index in [9.17, 15) is 9.59 Å². The maximum absolute atomic E-state index is 12.1. The number of carbonyl (C=O) groups is 2. The lowest BCUT2D eigenvalue weighted by atomic mass is 10.0. The van der Waals surface area contributed by atoms with Crippen molar-refractivity contribution in [2.24, 2.45) is 5.92 Å². The van der Waals surface area contributed by atoms with Crippen LogP contribution in [-0.4, -0.2) is 34.3 Å². The van der Waals surface area contributed by atoms with Gasteiger partial charge in [0.2, 0.25) is 0 Å². The first kappa shape index (κ1) is 20.7. The van der Waals surface area contributed by atoms with Crippen molar-refractivity contribution in [3.05, 3.63) is 53.9 Å². The van der Waals surface area contributed by atoms with Crippen LogP contribution in [0.5, 0.6) is 0 Å². The fourth-order valence-electron chi connectivity index (χ4n) is 2.76. The van der Waals surface area contributed by atoms with Gasteiger partial charge in [0.15, 0.2) is 6.61 Å². The smallest absolute Gasteiger partial charge is 0.338 e. The number of nitrogens with zero attached hydrogens (tertiary/aromatic N) is 2. The summed E-state index contributed by atoms with van der Waals surface area (Å²) in [6.07, 6.45) is 6.75. The normalized spacial score (nSPS) is 12.0. The molecule has 0 saturated heterocycles. The van der Waals surface area contributed by atoms with Gasteiger partial charge in [0.25, 0.3) is 5.91 Å². The predicted molar refractivity (Wildman–Crippen MR) is 104 cm³/mol. The number of esters is 1. The third-order valence-corrected chi connectivity index (χ3v) is 4.25. The Kier molecular flexibility index (Phi) is 8.04. The number of rotatable bonds is 10. The van der Waals surface area contributed by atoms with Gasteiger partial charge in [-0.2, -0.15) is 5.10 Å². The summed E-state index contributed by atoms with van der Waals surface area (Å²) >= 11 is 0. The highest BCUT2D eigenvalue weighted by atomic mass is 16.5. The molecule has 0 spiro atoms. The number of carbonyl (C=O) groups excluding carboxylic acids is 2. The van der Waals surface area contributed by atoms with Crippen LogP contribution in [0, 0.1) is 5.92 Å². The standard InChI is InChI=1S/C21H29N3O3/c1-16(2)6-4-7-17(3)23-20(25)15-27-21(26)19-10-8-18(9-11-19)14-24-13-5-12-22-24/h5,8-13,16-17H,4,6-7,14-15H2,1-3H3,(H,23,25). The molecular formula is C21H29N3O3. The Balaban J connectivity index is 1.72. The monoisotopic (exact) mass is 371 g/mol. The maximum Gasteiger partial charge on any atom is 0.338 e. The molecule has 0 aliphatic heterocycles. The fraction of sp³-hybridized carbons (Fsp3) is 0.476. The molecule has 6 heteroatoms.